The van der Waals surface area contributed by atoms with Crippen molar-refractivity contribution in [2.45, 2.75) is 44.4 Å². The van der Waals surface area contributed by atoms with Crippen molar-refractivity contribution in [2.75, 3.05) is 7.11 Å². The van der Waals surface area contributed by atoms with Gasteiger partial charge in [-0.25, -0.2) is 26.3 Å². The fourth-order valence-electron chi connectivity index (χ4n) is 7.18. The molecule has 1 aliphatic rings. The molecule has 0 saturated heterocycles. The van der Waals surface area contributed by atoms with Gasteiger partial charge in [0.15, 0.2) is 46.5 Å². The molecule has 0 N–H and O–H groups in total. The Balaban J connectivity index is 0.994. The maximum Gasteiger partial charge on any atom is 0.205 e. The maximum absolute atomic E-state index is 15.3. The molecule has 0 radical (unpaired) electrons. The van der Waals surface area contributed by atoms with Crippen molar-refractivity contribution in [3.63, 3.8) is 0 Å². The van der Waals surface area contributed by atoms with Crippen molar-refractivity contribution < 1.29 is 58.9 Å². The Labute approximate surface area is 332 Å². The molecule has 1 fully saturated rings. The number of ether oxygens (including phenoxy) is 3. The summed E-state index contributed by atoms with van der Waals surface area (Å²) in [6.07, 6.45) is 3.76. The summed E-state index contributed by atoms with van der Waals surface area (Å²) < 4.78 is 134. The minimum absolute atomic E-state index is 0.0507. The first-order chi connectivity index (χ1) is 28.3. The van der Waals surface area contributed by atoms with Crippen LogP contribution in [0.3, 0.4) is 0 Å². The lowest BCUT2D eigenvalue weighted by atomic mass is 9.76. The van der Waals surface area contributed by atoms with Crippen molar-refractivity contribution in [1.82, 2.24) is 0 Å². The molecule has 13 heteroatoms. The summed E-state index contributed by atoms with van der Waals surface area (Å²) in [4.78, 5) is 25.8. The largest absolute Gasteiger partial charge is 0.497 e. The first-order valence-corrected chi connectivity index (χ1v) is 18.3. The SMILES string of the molecule is COc1ccc(C2CCC(c3ccc(Oc4c(F)c(F)c(C(=O)c5ccc(Oc6ccc(C(=O)c7c(F)c(F)c(C)c(F)c7F)cc6)cc5)c(F)c4F)cc3)CC2)cc1. The second-order valence-electron chi connectivity index (χ2n) is 14.0. The summed E-state index contributed by atoms with van der Waals surface area (Å²) in [6, 6.07) is 23.5. The van der Waals surface area contributed by atoms with Crippen LogP contribution >= 0.6 is 0 Å². The predicted molar refractivity (Wildman–Crippen MR) is 201 cm³/mol. The molecule has 0 aliphatic heterocycles. The molecule has 1 saturated carbocycles. The Morgan fingerprint density at radius 2 is 0.763 bits per heavy atom. The fourth-order valence-corrected chi connectivity index (χ4v) is 7.18. The predicted octanol–water partition coefficient (Wildman–Crippen LogP) is 12.6. The minimum atomic E-state index is -1.96. The van der Waals surface area contributed by atoms with Crippen molar-refractivity contribution in [3.8, 4) is 28.7 Å². The van der Waals surface area contributed by atoms with E-state index >= 15 is 17.6 Å². The lowest BCUT2D eigenvalue weighted by Gasteiger charge is -2.29. The Kier molecular flexibility index (Phi) is 11.6. The number of halogens is 8. The lowest BCUT2D eigenvalue weighted by molar-refractivity contribution is 0.102. The summed E-state index contributed by atoms with van der Waals surface area (Å²) in [7, 11) is 1.62. The Morgan fingerprint density at radius 1 is 0.441 bits per heavy atom. The van der Waals surface area contributed by atoms with Crippen LogP contribution in [0.4, 0.5) is 35.1 Å². The third-order valence-electron chi connectivity index (χ3n) is 10.5. The summed E-state index contributed by atoms with van der Waals surface area (Å²) in [5.41, 5.74) is -2.27. The van der Waals surface area contributed by atoms with Crippen LogP contribution in [-0.2, 0) is 0 Å². The lowest BCUT2D eigenvalue weighted by Crippen LogP contribution is -2.13. The third-order valence-corrected chi connectivity index (χ3v) is 10.5. The average molecular weight is 817 g/mol. The molecule has 0 atom stereocenters. The van der Waals surface area contributed by atoms with E-state index in [0.717, 1.165) is 68.2 Å². The first-order valence-electron chi connectivity index (χ1n) is 18.3. The van der Waals surface area contributed by atoms with E-state index in [4.69, 9.17) is 14.2 Å². The van der Waals surface area contributed by atoms with Gasteiger partial charge in [-0.15, -0.1) is 0 Å². The van der Waals surface area contributed by atoms with E-state index in [2.05, 4.69) is 12.1 Å². The van der Waals surface area contributed by atoms with Crippen molar-refractivity contribution in [1.29, 1.82) is 0 Å². The zero-order chi connectivity index (χ0) is 42.1. The number of benzene rings is 6. The highest BCUT2D eigenvalue weighted by Crippen LogP contribution is 2.42. The Morgan fingerprint density at radius 3 is 1.14 bits per heavy atom. The molecule has 302 valence electrons. The van der Waals surface area contributed by atoms with E-state index in [1.54, 1.807) is 19.2 Å². The van der Waals surface area contributed by atoms with Gasteiger partial charge in [0, 0.05) is 16.7 Å². The first kappa shape index (κ1) is 40.7. The van der Waals surface area contributed by atoms with Gasteiger partial charge in [0.2, 0.25) is 17.4 Å². The van der Waals surface area contributed by atoms with Gasteiger partial charge in [-0.1, -0.05) is 24.3 Å². The van der Waals surface area contributed by atoms with Gasteiger partial charge in [0.05, 0.1) is 7.11 Å². The molecular formula is C46H32F8O5. The van der Waals surface area contributed by atoms with Crippen molar-refractivity contribution in [3.05, 3.63) is 183 Å². The average Bonchev–Trinajstić information content (AvgIpc) is 3.26. The van der Waals surface area contributed by atoms with Crippen molar-refractivity contribution in [2.24, 2.45) is 0 Å². The zero-order valence-corrected chi connectivity index (χ0v) is 31.3. The summed E-state index contributed by atoms with van der Waals surface area (Å²) in [5, 5.41) is 0. The number of hydrogen-bond acceptors (Lipinski definition) is 5. The molecule has 0 aromatic heterocycles. The Hall–Kier alpha value is -6.50. The minimum Gasteiger partial charge on any atom is -0.497 e. The molecule has 0 amide bonds. The van der Waals surface area contributed by atoms with Crippen LogP contribution in [0, 0.1) is 53.5 Å². The summed E-state index contributed by atoms with van der Waals surface area (Å²) in [6.45, 7) is 0.819. The van der Waals surface area contributed by atoms with Crippen LogP contribution < -0.4 is 14.2 Å². The van der Waals surface area contributed by atoms with Gasteiger partial charge in [-0.3, -0.25) is 9.59 Å². The normalized spacial score (nSPS) is 15.2. The van der Waals surface area contributed by atoms with Gasteiger partial charge in [0.1, 0.15) is 34.1 Å². The van der Waals surface area contributed by atoms with Gasteiger partial charge >= 0.3 is 0 Å². The second-order valence-corrected chi connectivity index (χ2v) is 14.0. The highest BCUT2D eigenvalue weighted by Gasteiger charge is 2.32. The van der Waals surface area contributed by atoms with E-state index in [1.807, 2.05) is 12.1 Å². The summed E-state index contributed by atoms with van der Waals surface area (Å²) >= 11 is 0. The molecule has 1 aliphatic carbocycles. The maximum atomic E-state index is 15.3. The quantitative estimate of drug-likeness (QED) is 0.0740. The van der Waals surface area contributed by atoms with E-state index in [-0.39, 0.29) is 34.3 Å². The number of carbonyl (C=O) groups is 2. The molecule has 0 unspecified atom stereocenters. The highest BCUT2D eigenvalue weighted by atomic mass is 19.2. The molecule has 0 spiro atoms. The van der Waals surface area contributed by atoms with Gasteiger partial charge in [0.25, 0.3) is 0 Å². The molecule has 59 heavy (non-hydrogen) atoms. The standard InChI is InChI=1S/C46H32F8O5/c1-23-36(47)38(49)34(39(50)37(23)48)44(55)28-11-19-31(20-12-28)58-32-21-13-29(14-22-32)45(56)35-40(51)42(53)46(43(54)41(35)52)59-33-17-9-27(10-18-33)25-5-3-24(4-6-25)26-7-15-30(57-2)16-8-26/h7-22,24-25H,3-6H2,1-2H3. The second kappa shape index (κ2) is 16.8. The smallest absolute Gasteiger partial charge is 0.205 e. The number of carbonyl (C=O) groups excluding carboxylic acids is 2. The van der Waals surface area contributed by atoms with Crippen LogP contribution in [0.1, 0.15) is 86.1 Å². The molecule has 5 nitrogen and oxygen atoms in total. The number of hydrogen-bond donors (Lipinski definition) is 0. The van der Waals surface area contributed by atoms with Gasteiger partial charge in [-0.05, 0) is 128 Å². The third kappa shape index (κ3) is 8.01. The van der Waals surface area contributed by atoms with E-state index in [1.165, 1.54) is 42.0 Å². The van der Waals surface area contributed by atoms with Crippen LogP contribution in [-0.4, -0.2) is 18.7 Å². The van der Waals surface area contributed by atoms with Crippen LogP contribution in [0.2, 0.25) is 0 Å². The highest BCUT2D eigenvalue weighted by molar-refractivity contribution is 6.10. The van der Waals surface area contributed by atoms with E-state index in [9.17, 15) is 27.2 Å². The molecule has 6 aromatic rings. The molecule has 0 bridgehead atoms. The summed E-state index contributed by atoms with van der Waals surface area (Å²) in [5.74, 6) is -17.4. The number of ketones is 2. The number of rotatable bonds is 11. The molecule has 0 heterocycles. The van der Waals surface area contributed by atoms with Crippen molar-refractivity contribution >= 4 is 11.6 Å². The monoisotopic (exact) mass is 816 g/mol. The molecular weight excluding hydrogens is 784 g/mol. The van der Waals surface area contributed by atoms with Crippen LogP contribution in [0.15, 0.2) is 97.1 Å². The van der Waals surface area contributed by atoms with Gasteiger partial charge < -0.3 is 14.2 Å². The van der Waals surface area contributed by atoms with Gasteiger partial charge in [-0.2, -0.15) is 8.78 Å². The van der Waals surface area contributed by atoms with E-state index < -0.39 is 80.5 Å². The van der Waals surface area contributed by atoms with E-state index in [0.29, 0.717) is 5.92 Å². The van der Waals surface area contributed by atoms with Crippen LogP contribution in [0.5, 0.6) is 28.7 Å². The molecule has 6 aromatic carbocycles. The topological polar surface area (TPSA) is 61.8 Å². The molecule has 7 rings (SSSR count). The fraction of sp³-hybridized carbons (Fsp3) is 0.174. The van der Waals surface area contributed by atoms with Crippen LogP contribution in [0.25, 0.3) is 0 Å². The number of methoxy groups -OCH3 is 1. The Bertz CT molecular complexity index is 2490. The zero-order valence-electron chi connectivity index (χ0n) is 31.3.